The highest BCUT2D eigenvalue weighted by atomic mass is 32.2. The van der Waals surface area contributed by atoms with Crippen molar-refractivity contribution in [3.05, 3.63) is 5.82 Å². The number of amides is 1. The maximum absolute atomic E-state index is 10.9. The molecule has 0 radical (unpaired) electrons. The number of aliphatic carboxylic acids is 1. The Bertz CT molecular complexity index is 459. The molecular formula is C10H13N3O3S2. The molecule has 0 saturated heterocycles. The summed E-state index contributed by atoms with van der Waals surface area (Å²) in [6, 6.07) is -0.888. The Hall–Kier alpha value is -1.15. The second-order valence-electron chi connectivity index (χ2n) is 4.10. The fraction of sp³-hybridized carbons (Fsp3) is 0.600. The SMILES string of the molecule is CC(=O)N[C@@H](CSc1nc(C2CC2)ns1)C(=O)O. The van der Waals surface area contributed by atoms with E-state index in [0.29, 0.717) is 5.92 Å². The maximum atomic E-state index is 10.9. The Morgan fingerprint density at radius 3 is 2.89 bits per heavy atom. The number of thioether (sulfide) groups is 1. The van der Waals surface area contributed by atoms with Crippen LogP contribution in [-0.2, 0) is 9.59 Å². The van der Waals surface area contributed by atoms with Gasteiger partial charge in [0.1, 0.15) is 11.9 Å². The first-order valence-electron chi connectivity index (χ1n) is 5.52. The van der Waals surface area contributed by atoms with Crippen LogP contribution in [0.4, 0.5) is 0 Å². The normalized spacial score (nSPS) is 16.3. The van der Waals surface area contributed by atoms with E-state index in [-0.39, 0.29) is 11.7 Å². The lowest BCUT2D eigenvalue weighted by atomic mass is 10.3. The number of carbonyl (C=O) groups excluding carboxylic acids is 1. The van der Waals surface area contributed by atoms with Crippen molar-refractivity contribution in [3.63, 3.8) is 0 Å². The Morgan fingerprint density at radius 1 is 1.61 bits per heavy atom. The van der Waals surface area contributed by atoms with Gasteiger partial charge in [-0.3, -0.25) is 4.79 Å². The molecule has 1 fully saturated rings. The first-order chi connectivity index (χ1) is 8.56. The monoisotopic (exact) mass is 287 g/mol. The third-order valence-electron chi connectivity index (χ3n) is 2.41. The molecule has 2 rings (SSSR count). The Labute approximate surface area is 112 Å². The minimum atomic E-state index is -1.04. The fourth-order valence-electron chi connectivity index (χ4n) is 1.36. The van der Waals surface area contributed by atoms with E-state index in [0.717, 1.165) is 23.0 Å². The van der Waals surface area contributed by atoms with Crippen molar-refractivity contribution >= 4 is 35.2 Å². The molecule has 1 amide bonds. The molecule has 1 atom stereocenters. The Balaban J connectivity index is 1.87. The number of nitrogens with one attached hydrogen (secondary N) is 1. The Kier molecular flexibility index (Phi) is 4.18. The van der Waals surface area contributed by atoms with E-state index in [1.807, 2.05) is 0 Å². The molecule has 1 aliphatic carbocycles. The van der Waals surface area contributed by atoms with E-state index in [9.17, 15) is 9.59 Å². The smallest absolute Gasteiger partial charge is 0.327 e. The summed E-state index contributed by atoms with van der Waals surface area (Å²) in [7, 11) is 0. The van der Waals surface area contributed by atoms with E-state index in [4.69, 9.17) is 5.11 Å². The van der Waals surface area contributed by atoms with Crippen LogP contribution >= 0.6 is 23.3 Å². The van der Waals surface area contributed by atoms with Gasteiger partial charge in [0.2, 0.25) is 5.91 Å². The van der Waals surface area contributed by atoms with E-state index >= 15 is 0 Å². The molecule has 1 aromatic heterocycles. The summed E-state index contributed by atoms with van der Waals surface area (Å²) in [5.74, 6) is 0.243. The van der Waals surface area contributed by atoms with Crippen molar-refractivity contribution in [2.45, 2.75) is 36.1 Å². The highest BCUT2D eigenvalue weighted by Gasteiger charge is 2.28. The molecule has 1 aromatic rings. The van der Waals surface area contributed by atoms with Gasteiger partial charge in [-0.2, -0.15) is 4.37 Å². The van der Waals surface area contributed by atoms with Gasteiger partial charge >= 0.3 is 5.97 Å². The minimum Gasteiger partial charge on any atom is -0.480 e. The first kappa shape index (κ1) is 13.3. The van der Waals surface area contributed by atoms with Gasteiger partial charge in [-0.05, 0) is 24.4 Å². The maximum Gasteiger partial charge on any atom is 0.327 e. The molecule has 8 heteroatoms. The standard InChI is InChI=1S/C10H13N3O3S2/c1-5(14)11-7(9(15)16)4-17-10-12-8(13-18-10)6-2-3-6/h6-7H,2-4H2,1H3,(H,11,14)(H,15,16)/t7-/m0/s1. The number of carboxylic acid groups (broad SMARTS) is 1. The van der Waals surface area contributed by atoms with Crippen LogP contribution in [0, 0.1) is 0 Å². The van der Waals surface area contributed by atoms with Gasteiger partial charge in [0, 0.05) is 18.6 Å². The van der Waals surface area contributed by atoms with Crippen LogP contribution in [0.3, 0.4) is 0 Å². The summed E-state index contributed by atoms with van der Waals surface area (Å²) in [5.41, 5.74) is 0. The van der Waals surface area contributed by atoms with Crippen molar-refractivity contribution in [2.75, 3.05) is 5.75 Å². The second kappa shape index (κ2) is 5.66. The van der Waals surface area contributed by atoms with Crippen LogP contribution in [0.25, 0.3) is 0 Å². The van der Waals surface area contributed by atoms with Gasteiger partial charge in [0.25, 0.3) is 0 Å². The van der Waals surface area contributed by atoms with Crippen LogP contribution in [0.5, 0.6) is 0 Å². The van der Waals surface area contributed by atoms with E-state index in [1.54, 1.807) is 0 Å². The third-order valence-corrected chi connectivity index (χ3v) is 4.36. The van der Waals surface area contributed by atoms with Crippen LogP contribution in [-0.4, -0.2) is 38.1 Å². The molecule has 0 bridgehead atoms. The lowest BCUT2D eigenvalue weighted by Gasteiger charge is -2.11. The quantitative estimate of drug-likeness (QED) is 0.761. The molecule has 1 saturated carbocycles. The lowest BCUT2D eigenvalue weighted by molar-refractivity contribution is -0.140. The zero-order valence-corrected chi connectivity index (χ0v) is 11.4. The minimum absolute atomic E-state index is 0.258. The van der Waals surface area contributed by atoms with Crippen molar-refractivity contribution < 1.29 is 14.7 Å². The number of carboxylic acids is 1. The van der Waals surface area contributed by atoms with E-state index in [2.05, 4.69) is 14.7 Å². The van der Waals surface area contributed by atoms with Crippen LogP contribution in [0.15, 0.2) is 4.34 Å². The summed E-state index contributed by atoms with van der Waals surface area (Å²) in [5, 5.41) is 11.3. The molecule has 18 heavy (non-hydrogen) atoms. The molecule has 0 aromatic carbocycles. The average Bonchev–Trinajstić information content (AvgIpc) is 3.04. The van der Waals surface area contributed by atoms with Crippen molar-refractivity contribution in [3.8, 4) is 0 Å². The van der Waals surface area contributed by atoms with Gasteiger partial charge in [0.05, 0.1) is 0 Å². The Morgan fingerprint density at radius 2 is 2.33 bits per heavy atom. The molecule has 2 N–H and O–H groups in total. The highest BCUT2D eigenvalue weighted by Crippen LogP contribution is 2.39. The topological polar surface area (TPSA) is 92.2 Å². The van der Waals surface area contributed by atoms with Gasteiger partial charge in [0.15, 0.2) is 4.34 Å². The predicted octanol–water partition coefficient (Wildman–Crippen LogP) is 1.10. The number of nitrogens with zero attached hydrogens (tertiary/aromatic N) is 2. The molecule has 0 aliphatic heterocycles. The number of carbonyl (C=O) groups is 2. The van der Waals surface area contributed by atoms with Crippen LogP contribution in [0.2, 0.25) is 0 Å². The average molecular weight is 287 g/mol. The lowest BCUT2D eigenvalue weighted by Crippen LogP contribution is -2.41. The van der Waals surface area contributed by atoms with E-state index < -0.39 is 12.0 Å². The molecule has 6 nitrogen and oxygen atoms in total. The number of hydrogen-bond acceptors (Lipinski definition) is 6. The molecule has 0 unspecified atom stereocenters. The summed E-state index contributed by atoms with van der Waals surface area (Å²) in [6.07, 6.45) is 2.29. The molecule has 98 valence electrons. The van der Waals surface area contributed by atoms with Gasteiger partial charge < -0.3 is 10.4 Å². The van der Waals surface area contributed by atoms with Crippen LogP contribution in [0.1, 0.15) is 31.5 Å². The van der Waals surface area contributed by atoms with Gasteiger partial charge in [-0.1, -0.05) is 11.8 Å². The van der Waals surface area contributed by atoms with Gasteiger partial charge in [-0.25, -0.2) is 9.78 Å². The molecule has 0 spiro atoms. The van der Waals surface area contributed by atoms with Gasteiger partial charge in [-0.15, -0.1) is 0 Å². The van der Waals surface area contributed by atoms with Crippen LogP contribution < -0.4 is 5.32 Å². The third kappa shape index (κ3) is 3.67. The predicted molar refractivity (Wildman–Crippen MR) is 67.8 cm³/mol. The summed E-state index contributed by atoms with van der Waals surface area (Å²) in [4.78, 5) is 26.1. The van der Waals surface area contributed by atoms with Crippen molar-refractivity contribution in [1.29, 1.82) is 0 Å². The first-order valence-corrected chi connectivity index (χ1v) is 7.28. The van der Waals surface area contributed by atoms with E-state index in [1.165, 1.54) is 30.2 Å². The zero-order chi connectivity index (χ0) is 13.1. The molecule has 1 aliphatic rings. The largest absolute Gasteiger partial charge is 0.480 e. The summed E-state index contributed by atoms with van der Waals surface area (Å²) < 4.78 is 4.99. The zero-order valence-electron chi connectivity index (χ0n) is 9.75. The second-order valence-corrected chi connectivity index (χ2v) is 6.11. The number of aromatic nitrogens is 2. The summed E-state index contributed by atoms with van der Waals surface area (Å²) >= 11 is 2.60. The fourth-order valence-corrected chi connectivity index (χ4v) is 3.08. The van der Waals surface area contributed by atoms with Crippen molar-refractivity contribution in [1.82, 2.24) is 14.7 Å². The van der Waals surface area contributed by atoms with Crippen molar-refractivity contribution in [2.24, 2.45) is 0 Å². The molecular weight excluding hydrogens is 274 g/mol. The molecule has 1 heterocycles. The highest BCUT2D eigenvalue weighted by molar-refractivity contribution is 8.01. The number of hydrogen-bond donors (Lipinski definition) is 2. The number of rotatable bonds is 6. The summed E-state index contributed by atoms with van der Waals surface area (Å²) in [6.45, 7) is 1.30.